The fourth-order valence-corrected chi connectivity index (χ4v) is 3.29. The third-order valence-corrected chi connectivity index (χ3v) is 4.49. The van der Waals surface area contributed by atoms with Gasteiger partial charge in [0, 0.05) is 25.2 Å². The summed E-state index contributed by atoms with van der Waals surface area (Å²) in [6.45, 7) is 2.13. The standard InChI is InChI=1S/C16H17ClN4/c17-15-3-1-2-4-16(15)20-11-6-14(8-18-7-11)21-9-12-5-13(10-21)19-12/h1-4,6-8,12-13,19-20H,5,9-10H2. The topological polar surface area (TPSA) is 40.2 Å². The molecule has 4 nitrogen and oxygen atoms in total. The molecular formula is C16H17ClN4. The Balaban J connectivity index is 1.54. The van der Waals surface area contributed by atoms with Gasteiger partial charge in [0.1, 0.15) is 0 Å². The van der Waals surface area contributed by atoms with Crippen molar-refractivity contribution < 1.29 is 0 Å². The van der Waals surface area contributed by atoms with Gasteiger partial charge in [-0.1, -0.05) is 23.7 Å². The molecule has 5 heteroatoms. The van der Waals surface area contributed by atoms with Gasteiger partial charge in [-0.25, -0.2) is 0 Å². The first-order valence-corrected chi connectivity index (χ1v) is 7.63. The molecule has 5 rings (SSSR count). The van der Waals surface area contributed by atoms with E-state index in [-0.39, 0.29) is 0 Å². The summed E-state index contributed by atoms with van der Waals surface area (Å²) in [5, 5.41) is 7.60. The Morgan fingerprint density at radius 1 is 1.19 bits per heavy atom. The van der Waals surface area contributed by atoms with Crippen molar-refractivity contribution in [3.05, 3.63) is 47.7 Å². The predicted molar refractivity (Wildman–Crippen MR) is 86.5 cm³/mol. The van der Waals surface area contributed by atoms with Crippen LogP contribution in [0.25, 0.3) is 0 Å². The zero-order chi connectivity index (χ0) is 14.2. The Hall–Kier alpha value is -1.78. The minimum atomic E-state index is 0.643. The van der Waals surface area contributed by atoms with Crippen molar-refractivity contribution in [3.63, 3.8) is 0 Å². The highest BCUT2D eigenvalue weighted by Gasteiger charge is 2.36. The number of anilines is 3. The maximum Gasteiger partial charge on any atom is 0.0640 e. The molecule has 0 spiro atoms. The van der Waals surface area contributed by atoms with E-state index >= 15 is 0 Å². The van der Waals surface area contributed by atoms with Crippen LogP contribution in [0.3, 0.4) is 0 Å². The lowest BCUT2D eigenvalue weighted by atomic mass is 9.91. The van der Waals surface area contributed by atoms with Crippen LogP contribution in [0.1, 0.15) is 6.42 Å². The normalized spacial score (nSPS) is 23.6. The number of piperidine rings is 1. The summed E-state index contributed by atoms with van der Waals surface area (Å²) in [5.41, 5.74) is 3.04. The second kappa shape index (κ2) is 5.20. The lowest BCUT2D eigenvalue weighted by molar-refractivity contribution is 0.226. The van der Waals surface area contributed by atoms with E-state index in [1.807, 2.05) is 36.7 Å². The Kier molecular flexibility index (Phi) is 3.20. The highest BCUT2D eigenvalue weighted by Crippen LogP contribution is 2.29. The molecule has 3 fully saturated rings. The van der Waals surface area contributed by atoms with Crippen molar-refractivity contribution in [2.24, 2.45) is 0 Å². The Morgan fingerprint density at radius 2 is 1.95 bits per heavy atom. The fraction of sp³-hybridized carbons (Fsp3) is 0.312. The van der Waals surface area contributed by atoms with Crippen LogP contribution in [0.2, 0.25) is 5.02 Å². The molecular weight excluding hydrogens is 284 g/mol. The number of nitrogens with zero attached hydrogens (tertiary/aromatic N) is 2. The molecule has 3 aliphatic rings. The third-order valence-electron chi connectivity index (χ3n) is 4.16. The van der Waals surface area contributed by atoms with E-state index in [1.54, 1.807) is 0 Å². The van der Waals surface area contributed by atoms with E-state index < -0.39 is 0 Å². The van der Waals surface area contributed by atoms with Gasteiger partial charge >= 0.3 is 0 Å². The molecule has 0 radical (unpaired) electrons. The van der Waals surface area contributed by atoms with Crippen LogP contribution in [0.5, 0.6) is 0 Å². The van der Waals surface area contributed by atoms with Crippen LogP contribution in [-0.2, 0) is 0 Å². The van der Waals surface area contributed by atoms with Gasteiger partial charge in [-0.3, -0.25) is 4.98 Å². The molecule has 1 aromatic heterocycles. The van der Waals surface area contributed by atoms with E-state index in [1.165, 1.54) is 12.1 Å². The SMILES string of the molecule is Clc1ccccc1Nc1cncc(N2CC3CC(C2)N3)c1. The van der Waals surface area contributed by atoms with Gasteiger partial charge in [0.15, 0.2) is 0 Å². The lowest BCUT2D eigenvalue weighted by Crippen LogP contribution is -2.67. The summed E-state index contributed by atoms with van der Waals surface area (Å²) in [7, 11) is 0. The Labute approximate surface area is 129 Å². The molecule has 3 aliphatic heterocycles. The Bertz CT molecular complexity index is 644. The number of hydrogen-bond donors (Lipinski definition) is 2. The molecule has 2 bridgehead atoms. The third kappa shape index (κ3) is 2.57. The highest BCUT2D eigenvalue weighted by molar-refractivity contribution is 6.33. The second-order valence-electron chi connectivity index (χ2n) is 5.74. The molecule has 2 unspecified atom stereocenters. The molecule has 0 amide bonds. The van der Waals surface area contributed by atoms with Crippen LogP contribution in [0.15, 0.2) is 42.7 Å². The van der Waals surface area contributed by atoms with Gasteiger partial charge in [0.25, 0.3) is 0 Å². The van der Waals surface area contributed by atoms with Gasteiger partial charge in [0.05, 0.1) is 34.5 Å². The summed E-state index contributed by atoms with van der Waals surface area (Å²) in [6, 6.07) is 11.2. The highest BCUT2D eigenvalue weighted by atomic mass is 35.5. The zero-order valence-electron chi connectivity index (χ0n) is 11.6. The van der Waals surface area contributed by atoms with Crippen LogP contribution >= 0.6 is 11.6 Å². The van der Waals surface area contributed by atoms with Crippen molar-refractivity contribution in [2.45, 2.75) is 18.5 Å². The smallest absolute Gasteiger partial charge is 0.0640 e. The number of pyridine rings is 1. The van der Waals surface area contributed by atoms with Crippen LogP contribution in [0, 0.1) is 0 Å². The minimum Gasteiger partial charge on any atom is -0.367 e. The molecule has 21 heavy (non-hydrogen) atoms. The predicted octanol–water partition coefficient (Wildman–Crippen LogP) is 3.03. The van der Waals surface area contributed by atoms with E-state index in [0.29, 0.717) is 17.1 Å². The van der Waals surface area contributed by atoms with Gasteiger partial charge in [-0.2, -0.15) is 0 Å². The average molecular weight is 301 g/mol. The maximum atomic E-state index is 6.19. The molecule has 2 aromatic rings. The minimum absolute atomic E-state index is 0.643. The quantitative estimate of drug-likeness (QED) is 0.914. The van der Waals surface area contributed by atoms with Crippen molar-refractivity contribution in [1.82, 2.24) is 10.3 Å². The summed E-state index contributed by atoms with van der Waals surface area (Å²) in [5.74, 6) is 0. The van der Waals surface area contributed by atoms with Crippen LogP contribution < -0.4 is 15.5 Å². The van der Waals surface area contributed by atoms with Crippen molar-refractivity contribution in [2.75, 3.05) is 23.3 Å². The monoisotopic (exact) mass is 300 g/mol. The van der Waals surface area contributed by atoms with E-state index in [9.17, 15) is 0 Å². The van der Waals surface area contributed by atoms with Gasteiger partial charge in [-0.05, 0) is 24.6 Å². The second-order valence-corrected chi connectivity index (χ2v) is 6.15. The van der Waals surface area contributed by atoms with Crippen molar-refractivity contribution >= 4 is 28.7 Å². The molecule has 0 aliphatic carbocycles. The fourth-order valence-electron chi connectivity index (χ4n) is 3.11. The number of fused-ring (bicyclic) bond motifs is 2. The van der Waals surface area contributed by atoms with Crippen LogP contribution in [-0.4, -0.2) is 30.2 Å². The molecule has 2 atom stereocenters. The molecule has 0 saturated carbocycles. The summed E-state index contributed by atoms with van der Waals surface area (Å²) < 4.78 is 0. The summed E-state index contributed by atoms with van der Waals surface area (Å²) in [6.07, 6.45) is 5.07. The molecule has 4 heterocycles. The molecule has 1 aromatic carbocycles. The molecule has 3 saturated heterocycles. The number of piperazine rings is 1. The summed E-state index contributed by atoms with van der Waals surface area (Å²) in [4.78, 5) is 6.76. The first kappa shape index (κ1) is 12.9. The number of halogens is 1. The number of aromatic nitrogens is 1. The first-order valence-electron chi connectivity index (χ1n) is 7.25. The maximum absolute atomic E-state index is 6.19. The number of rotatable bonds is 3. The first-order chi connectivity index (χ1) is 10.3. The Morgan fingerprint density at radius 3 is 2.71 bits per heavy atom. The zero-order valence-corrected chi connectivity index (χ0v) is 12.3. The van der Waals surface area contributed by atoms with E-state index in [0.717, 1.165) is 24.5 Å². The van der Waals surface area contributed by atoms with Crippen molar-refractivity contribution in [1.29, 1.82) is 0 Å². The lowest BCUT2D eigenvalue weighted by Gasteiger charge is -2.49. The van der Waals surface area contributed by atoms with Crippen LogP contribution in [0.4, 0.5) is 17.1 Å². The van der Waals surface area contributed by atoms with Gasteiger partial charge in [-0.15, -0.1) is 0 Å². The van der Waals surface area contributed by atoms with Gasteiger partial charge in [0.2, 0.25) is 0 Å². The van der Waals surface area contributed by atoms with Gasteiger partial charge < -0.3 is 15.5 Å². The average Bonchev–Trinajstić information content (AvgIpc) is 2.49. The number of hydrogen-bond acceptors (Lipinski definition) is 4. The van der Waals surface area contributed by atoms with E-state index in [2.05, 4.69) is 26.6 Å². The summed E-state index contributed by atoms with van der Waals surface area (Å²) >= 11 is 6.19. The number of nitrogens with one attached hydrogen (secondary N) is 2. The molecule has 2 N–H and O–H groups in total. The number of para-hydroxylation sites is 1. The molecule has 108 valence electrons. The largest absolute Gasteiger partial charge is 0.367 e. The number of benzene rings is 1. The van der Waals surface area contributed by atoms with E-state index in [4.69, 9.17) is 11.6 Å². The van der Waals surface area contributed by atoms with Crippen molar-refractivity contribution in [3.8, 4) is 0 Å².